The van der Waals surface area contributed by atoms with Gasteiger partial charge in [-0.1, -0.05) is 37.7 Å². The Bertz CT molecular complexity index is 755. The lowest BCUT2D eigenvalue weighted by Gasteiger charge is -2.15. The number of aromatic amines is 1. The fourth-order valence-corrected chi connectivity index (χ4v) is 3.07. The fourth-order valence-electron chi connectivity index (χ4n) is 3.07. The second-order valence-electron chi connectivity index (χ2n) is 6.61. The van der Waals surface area contributed by atoms with Gasteiger partial charge in [0.15, 0.2) is 0 Å². The van der Waals surface area contributed by atoms with Crippen molar-refractivity contribution in [1.29, 1.82) is 0 Å². The van der Waals surface area contributed by atoms with Gasteiger partial charge in [0.2, 0.25) is 0 Å². The molecule has 3 atom stereocenters. The third-order valence-corrected chi connectivity index (χ3v) is 4.59. The van der Waals surface area contributed by atoms with Crippen LogP contribution in [0.2, 0.25) is 0 Å². The van der Waals surface area contributed by atoms with Crippen molar-refractivity contribution in [3.8, 4) is 0 Å². The first-order valence-corrected chi connectivity index (χ1v) is 9.33. The SMILES string of the molecule is CCCCCCCOCc1cn(C2C[C@H](N=[N+]=[N-])[C@@H](CO)O2)c(=O)[nH]c1=O. The maximum Gasteiger partial charge on any atom is 0.330 e. The molecule has 1 fully saturated rings. The number of nitrogens with zero attached hydrogens (tertiary/aromatic N) is 4. The number of hydrogen-bond donors (Lipinski definition) is 2. The Morgan fingerprint density at radius 1 is 1.41 bits per heavy atom. The Morgan fingerprint density at radius 3 is 2.89 bits per heavy atom. The predicted molar refractivity (Wildman–Crippen MR) is 98.3 cm³/mol. The number of azide groups is 1. The molecule has 0 amide bonds. The van der Waals surface area contributed by atoms with Crippen LogP contribution >= 0.6 is 0 Å². The van der Waals surface area contributed by atoms with Crippen LogP contribution in [0.1, 0.15) is 57.2 Å². The zero-order valence-electron chi connectivity index (χ0n) is 15.5. The van der Waals surface area contributed by atoms with Gasteiger partial charge in [0.25, 0.3) is 5.56 Å². The molecular formula is C17H27N5O5. The minimum atomic E-state index is -0.727. The molecule has 0 spiro atoms. The van der Waals surface area contributed by atoms with Crippen LogP contribution in [-0.4, -0.2) is 40.0 Å². The maximum absolute atomic E-state index is 12.1. The van der Waals surface area contributed by atoms with Crippen LogP contribution in [0, 0.1) is 0 Å². The first-order valence-electron chi connectivity index (χ1n) is 9.33. The summed E-state index contributed by atoms with van der Waals surface area (Å²) in [6.07, 6.45) is 5.80. The summed E-state index contributed by atoms with van der Waals surface area (Å²) in [5.41, 5.74) is 7.81. The van der Waals surface area contributed by atoms with Crippen LogP contribution in [0.4, 0.5) is 0 Å². The standard InChI is InChI=1S/C17H27N5O5/c1-2-3-4-5-6-7-26-11-12-9-22(17(25)19-16(12)24)15-8-13(20-21-18)14(10-23)27-15/h9,13-15,23H,2-8,10-11H2,1H3,(H,19,24,25)/t13-,14+,15?/m0/s1. The van der Waals surface area contributed by atoms with E-state index in [0.29, 0.717) is 12.2 Å². The van der Waals surface area contributed by atoms with E-state index in [4.69, 9.17) is 15.0 Å². The monoisotopic (exact) mass is 381 g/mol. The molecule has 27 heavy (non-hydrogen) atoms. The van der Waals surface area contributed by atoms with Crippen LogP contribution < -0.4 is 11.2 Å². The number of ether oxygens (including phenoxy) is 2. The van der Waals surface area contributed by atoms with Gasteiger partial charge in [-0.05, 0) is 12.0 Å². The summed E-state index contributed by atoms with van der Waals surface area (Å²) in [5, 5.41) is 12.9. The summed E-state index contributed by atoms with van der Waals surface area (Å²) < 4.78 is 12.4. The summed E-state index contributed by atoms with van der Waals surface area (Å²) in [7, 11) is 0. The van der Waals surface area contributed by atoms with E-state index in [9.17, 15) is 14.7 Å². The molecule has 10 heteroatoms. The predicted octanol–water partition coefficient (Wildman–Crippen LogP) is 1.98. The molecule has 1 aromatic rings. The zero-order valence-corrected chi connectivity index (χ0v) is 15.5. The number of H-pyrrole nitrogens is 1. The smallest absolute Gasteiger partial charge is 0.330 e. The highest BCUT2D eigenvalue weighted by Crippen LogP contribution is 2.29. The van der Waals surface area contributed by atoms with Gasteiger partial charge in [0, 0.05) is 24.1 Å². The summed E-state index contributed by atoms with van der Waals surface area (Å²) in [6.45, 7) is 2.47. The van der Waals surface area contributed by atoms with Gasteiger partial charge in [-0.3, -0.25) is 14.3 Å². The van der Waals surface area contributed by atoms with Crippen molar-refractivity contribution in [2.45, 2.75) is 70.4 Å². The summed E-state index contributed by atoms with van der Waals surface area (Å²) in [4.78, 5) is 29.1. The molecule has 0 bridgehead atoms. The molecule has 1 aliphatic rings. The van der Waals surface area contributed by atoms with Gasteiger partial charge in [0.1, 0.15) is 6.23 Å². The molecule has 2 rings (SSSR count). The van der Waals surface area contributed by atoms with E-state index in [1.165, 1.54) is 30.0 Å². The molecule has 150 valence electrons. The van der Waals surface area contributed by atoms with Crippen LogP contribution in [0.3, 0.4) is 0 Å². The van der Waals surface area contributed by atoms with Gasteiger partial charge in [-0.15, -0.1) is 0 Å². The van der Waals surface area contributed by atoms with Crippen molar-refractivity contribution in [2.75, 3.05) is 13.2 Å². The van der Waals surface area contributed by atoms with E-state index in [2.05, 4.69) is 21.9 Å². The molecule has 2 N–H and O–H groups in total. The molecule has 1 aromatic heterocycles. The van der Waals surface area contributed by atoms with Crippen molar-refractivity contribution in [3.63, 3.8) is 0 Å². The minimum Gasteiger partial charge on any atom is -0.394 e. The number of rotatable bonds is 11. The van der Waals surface area contributed by atoms with E-state index < -0.39 is 29.6 Å². The van der Waals surface area contributed by atoms with Crippen molar-refractivity contribution in [2.24, 2.45) is 5.11 Å². The lowest BCUT2D eigenvalue weighted by atomic mass is 10.1. The number of unbranched alkanes of at least 4 members (excludes halogenated alkanes) is 4. The van der Waals surface area contributed by atoms with Crippen LogP contribution in [0.25, 0.3) is 10.4 Å². The second-order valence-corrected chi connectivity index (χ2v) is 6.61. The van der Waals surface area contributed by atoms with Gasteiger partial charge in [-0.2, -0.15) is 0 Å². The number of hydrogen-bond acceptors (Lipinski definition) is 6. The van der Waals surface area contributed by atoms with Gasteiger partial charge in [0.05, 0.1) is 30.9 Å². The third-order valence-electron chi connectivity index (χ3n) is 4.59. The average molecular weight is 381 g/mol. The van der Waals surface area contributed by atoms with E-state index in [0.717, 1.165) is 12.8 Å². The molecule has 0 radical (unpaired) electrons. The van der Waals surface area contributed by atoms with Crippen molar-refractivity contribution < 1.29 is 14.6 Å². The van der Waals surface area contributed by atoms with Crippen LogP contribution in [0.5, 0.6) is 0 Å². The molecule has 1 aliphatic heterocycles. The Labute approximate surface area is 156 Å². The van der Waals surface area contributed by atoms with E-state index in [1.807, 2.05) is 0 Å². The highest BCUT2D eigenvalue weighted by atomic mass is 16.5. The molecule has 1 unspecified atom stereocenters. The zero-order chi connectivity index (χ0) is 19.6. The van der Waals surface area contributed by atoms with E-state index in [-0.39, 0.29) is 19.6 Å². The van der Waals surface area contributed by atoms with Crippen LogP contribution in [0.15, 0.2) is 20.9 Å². The number of aromatic nitrogens is 2. The first-order chi connectivity index (χ1) is 13.1. The highest BCUT2D eigenvalue weighted by molar-refractivity contribution is 5.04. The fraction of sp³-hybridized carbons (Fsp3) is 0.765. The van der Waals surface area contributed by atoms with Crippen molar-refractivity contribution in [1.82, 2.24) is 9.55 Å². The third kappa shape index (κ3) is 5.93. The number of aliphatic hydroxyl groups excluding tert-OH is 1. The molecule has 10 nitrogen and oxygen atoms in total. The van der Waals surface area contributed by atoms with E-state index in [1.54, 1.807) is 0 Å². The maximum atomic E-state index is 12.1. The molecule has 0 aliphatic carbocycles. The molecule has 0 aromatic carbocycles. The normalized spacial score (nSPS) is 21.9. The second kappa shape index (κ2) is 10.9. The quantitative estimate of drug-likeness (QED) is 0.261. The Hall–Kier alpha value is -2.13. The van der Waals surface area contributed by atoms with Gasteiger partial charge >= 0.3 is 5.69 Å². The first kappa shape index (κ1) is 21.2. The highest BCUT2D eigenvalue weighted by Gasteiger charge is 2.35. The van der Waals surface area contributed by atoms with Gasteiger partial charge in [-0.25, -0.2) is 4.79 Å². The Balaban J connectivity index is 2.00. The summed E-state index contributed by atoms with van der Waals surface area (Å²) >= 11 is 0. The molecule has 2 heterocycles. The molecule has 1 saturated heterocycles. The molecule has 0 saturated carbocycles. The Morgan fingerprint density at radius 2 is 2.19 bits per heavy atom. The number of nitrogens with one attached hydrogen (secondary N) is 1. The van der Waals surface area contributed by atoms with Crippen molar-refractivity contribution in [3.05, 3.63) is 43.0 Å². The van der Waals surface area contributed by atoms with Crippen LogP contribution in [-0.2, 0) is 16.1 Å². The molecular weight excluding hydrogens is 354 g/mol. The average Bonchev–Trinajstić information content (AvgIpc) is 3.05. The van der Waals surface area contributed by atoms with E-state index >= 15 is 0 Å². The summed E-state index contributed by atoms with van der Waals surface area (Å²) in [6, 6.07) is -0.577. The lowest BCUT2D eigenvalue weighted by Crippen LogP contribution is -2.34. The number of aliphatic hydroxyl groups is 1. The summed E-state index contributed by atoms with van der Waals surface area (Å²) in [5.74, 6) is 0. The lowest BCUT2D eigenvalue weighted by molar-refractivity contribution is -0.0274. The topological polar surface area (TPSA) is 142 Å². The van der Waals surface area contributed by atoms with Gasteiger partial charge < -0.3 is 14.6 Å². The Kier molecular flexibility index (Phi) is 8.53. The van der Waals surface area contributed by atoms with Crippen molar-refractivity contribution >= 4 is 0 Å². The minimum absolute atomic E-state index is 0.0965. The largest absolute Gasteiger partial charge is 0.394 e.